The molecular weight excluding hydrogens is 212 g/mol. The number of aryl methyl sites for hydroxylation is 2. The third-order valence-electron chi connectivity index (χ3n) is 4.37. The monoisotopic (exact) mass is 230 g/mol. The van der Waals surface area contributed by atoms with Crippen LogP contribution in [-0.4, -0.2) is 23.2 Å². The summed E-state index contributed by atoms with van der Waals surface area (Å²) < 4.78 is 5.86. The van der Waals surface area contributed by atoms with Gasteiger partial charge < -0.3 is 10.1 Å². The van der Waals surface area contributed by atoms with E-state index in [1.165, 1.54) is 36.9 Å². The lowest BCUT2D eigenvalue weighted by Gasteiger charge is -2.20. The average Bonchev–Trinajstić information content (AvgIpc) is 3.03. The fourth-order valence-electron chi connectivity index (χ4n) is 3.48. The number of nitrogens with zero attached hydrogens (tertiary/aromatic N) is 1. The smallest absolute Gasteiger partial charge is 0.126 e. The summed E-state index contributed by atoms with van der Waals surface area (Å²) in [4.78, 5) is 4.73. The highest BCUT2D eigenvalue weighted by Crippen LogP contribution is 2.36. The van der Waals surface area contributed by atoms with Gasteiger partial charge >= 0.3 is 0 Å². The Balaban J connectivity index is 1.52. The van der Waals surface area contributed by atoms with Crippen molar-refractivity contribution < 1.29 is 4.74 Å². The fraction of sp³-hybridized carbons (Fsp3) is 0.643. The second-order valence-corrected chi connectivity index (χ2v) is 5.52. The number of pyridine rings is 1. The predicted molar refractivity (Wildman–Crippen MR) is 66.2 cm³/mol. The number of anilines is 1. The minimum absolute atomic E-state index is 0.426. The summed E-state index contributed by atoms with van der Waals surface area (Å²) in [6.45, 7) is 0. The predicted octanol–water partition coefficient (Wildman–Crippen LogP) is 2.30. The SMILES string of the molecule is c1cc2c(nc1NC1CC3CCC1O3)CCC2. The van der Waals surface area contributed by atoms with Crippen LogP contribution in [0.1, 0.15) is 36.9 Å². The Kier molecular flexibility index (Phi) is 2.15. The Morgan fingerprint density at radius 2 is 2.24 bits per heavy atom. The number of fused-ring (bicyclic) bond motifs is 3. The van der Waals surface area contributed by atoms with Gasteiger partial charge in [0.15, 0.2) is 0 Å². The Morgan fingerprint density at radius 1 is 1.24 bits per heavy atom. The van der Waals surface area contributed by atoms with E-state index in [-0.39, 0.29) is 0 Å². The molecule has 0 aromatic carbocycles. The molecule has 1 N–H and O–H groups in total. The van der Waals surface area contributed by atoms with Crippen LogP contribution >= 0.6 is 0 Å². The number of aromatic nitrogens is 1. The summed E-state index contributed by atoms with van der Waals surface area (Å²) in [6, 6.07) is 4.86. The van der Waals surface area contributed by atoms with Crippen molar-refractivity contribution in [1.82, 2.24) is 4.98 Å². The fourth-order valence-corrected chi connectivity index (χ4v) is 3.48. The van der Waals surface area contributed by atoms with Crippen molar-refractivity contribution in [2.75, 3.05) is 5.32 Å². The number of hydrogen-bond donors (Lipinski definition) is 1. The molecule has 2 aliphatic heterocycles. The van der Waals surface area contributed by atoms with Crippen LogP contribution < -0.4 is 5.32 Å². The zero-order chi connectivity index (χ0) is 11.2. The van der Waals surface area contributed by atoms with E-state index < -0.39 is 0 Å². The van der Waals surface area contributed by atoms with Gasteiger partial charge in [-0.1, -0.05) is 6.07 Å². The molecule has 3 atom stereocenters. The molecule has 4 rings (SSSR count). The summed E-state index contributed by atoms with van der Waals surface area (Å²) in [5.74, 6) is 1.05. The molecule has 2 saturated heterocycles. The topological polar surface area (TPSA) is 34.2 Å². The van der Waals surface area contributed by atoms with Crippen molar-refractivity contribution in [1.29, 1.82) is 0 Å². The first kappa shape index (κ1) is 9.89. The molecule has 3 unspecified atom stereocenters. The zero-order valence-corrected chi connectivity index (χ0v) is 9.98. The summed E-state index contributed by atoms with van der Waals surface area (Å²) in [5.41, 5.74) is 2.75. The van der Waals surface area contributed by atoms with Crippen molar-refractivity contribution in [3.8, 4) is 0 Å². The molecule has 0 saturated carbocycles. The first-order chi connectivity index (χ1) is 8.38. The van der Waals surface area contributed by atoms with Gasteiger partial charge in [-0.15, -0.1) is 0 Å². The minimum Gasteiger partial charge on any atom is -0.373 e. The van der Waals surface area contributed by atoms with Gasteiger partial charge in [-0.05, 0) is 50.2 Å². The van der Waals surface area contributed by atoms with Crippen LogP contribution in [0.4, 0.5) is 5.82 Å². The summed E-state index contributed by atoms with van der Waals surface area (Å²) >= 11 is 0. The van der Waals surface area contributed by atoms with Crippen LogP contribution in [0.2, 0.25) is 0 Å². The normalized spacial score (nSPS) is 34.0. The molecule has 3 heteroatoms. The molecular formula is C14H18N2O. The van der Waals surface area contributed by atoms with Crippen LogP contribution in [0, 0.1) is 0 Å². The highest BCUT2D eigenvalue weighted by atomic mass is 16.5. The van der Waals surface area contributed by atoms with Crippen LogP contribution in [-0.2, 0) is 17.6 Å². The number of ether oxygens (including phenoxy) is 1. The van der Waals surface area contributed by atoms with Crippen LogP contribution in [0.15, 0.2) is 12.1 Å². The molecule has 3 aliphatic rings. The molecule has 2 fully saturated rings. The second-order valence-electron chi connectivity index (χ2n) is 5.52. The van der Waals surface area contributed by atoms with Gasteiger partial charge in [0.1, 0.15) is 5.82 Å². The molecule has 3 nitrogen and oxygen atoms in total. The Morgan fingerprint density at radius 3 is 3.06 bits per heavy atom. The maximum atomic E-state index is 5.86. The second kappa shape index (κ2) is 3.70. The van der Waals surface area contributed by atoms with Gasteiger partial charge in [0, 0.05) is 5.69 Å². The first-order valence-electron chi connectivity index (χ1n) is 6.79. The minimum atomic E-state index is 0.426. The summed E-state index contributed by atoms with van der Waals surface area (Å²) in [5, 5.41) is 3.57. The largest absolute Gasteiger partial charge is 0.373 e. The molecule has 17 heavy (non-hydrogen) atoms. The van der Waals surface area contributed by atoms with E-state index in [9.17, 15) is 0 Å². The van der Waals surface area contributed by atoms with E-state index in [1.807, 2.05) is 0 Å². The van der Waals surface area contributed by atoms with Gasteiger partial charge in [0.25, 0.3) is 0 Å². The molecule has 2 bridgehead atoms. The third kappa shape index (κ3) is 1.64. The van der Waals surface area contributed by atoms with Crippen molar-refractivity contribution in [3.63, 3.8) is 0 Å². The van der Waals surface area contributed by atoms with Gasteiger partial charge in [-0.25, -0.2) is 4.98 Å². The lowest BCUT2D eigenvalue weighted by molar-refractivity contribution is 0.102. The number of rotatable bonds is 2. The van der Waals surface area contributed by atoms with E-state index in [0.717, 1.165) is 18.7 Å². The van der Waals surface area contributed by atoms with E-state index in [0.29, 0.717) is 18.2 Å². The molecule has 0 spiro atoms. The molecule has 0 amide bonds. The van der Waals surface area contributed by atoms with Gasteiger partial charge in [0.05, 0.1) is 18.2 Å². The van der Waals surface area contributed by atoms with Gasteiger partial charge in [-0.2, -0.15) is 0 Å². The molecule has 90 valence electrons. The highest BCUT2D eigenvalue weighted by Gasteiger charge is 2.40. The maximum absolute atomic E-state index is 5.86. The van der Waals surface area contributed by atoms with Crippen molar-refractivity contribution in [2.45, 2.75) is 56.8 Å². The van der Waals surface area contributed by atoms with Crippen molar-refractivity contribution in [3.05, 3.63) is 23.4 Å². The Bertz CT molecular complexity index is 446. The Hall–Kier alpha value is -1.09. The van der Waals surface area contributed by atoms with Crippen molar-refractivity contribution >= 4 is 5.82 Å². The van der Waals surface area contributed by atoms with Gasteiger partial charge in [0.2, 0.25) is 0 Å². The lowest BCUT2D eigenvalue weighted by Crippen LogP contribution is -2.30. The zero-order valence-electron chi connectivity index (χ0n) is 9.98. The average molecular weight is 230 g/mol. The lowest BCUT2D eigenvalue weighted by atomic mass is 9.95. The molecule has 1 aromatic rings. The molecule has 3 heterocycles. The number of nitrogens with one attached hydrogen (secondary N) is 1. The molecule has 0 radical (unpaired) electrons. The van der Waals surface area contributed by atoms with Crippen molar-refractivity contribution in [2.24, 2.45) is 0 Å². The Labute approximate surface area is 102 Å². The van der Waals surface area contributed by atoms with Crippen LogP contribution in [0.5, 0.6) is 0 Å². The van der Waals surface area contributed by atoms with E-state index in [4.69, 9.17) is 9.72 Å². The van der Waals surface area contributed by atoms with E-state index >= 15 is 0 Å². The van der Waals surface area contributed by atoms with Gasteiger partial charge in [-0.3, -0.25) is 0 Å². The molecule has 1 aromatic heterocycles. The quantitative estimate of drug-likeness (QED) is 0.846. The number of hydrogen-bond acceptors (Lipinski definition) is 3. The highest BCUT2D eigenvalue weighted by molar-refractivity contribution is 5.41. The van der Waals surface area contributed by atoms with E-state index in [1.54, 1.807) is 0 Å². The maximum Gasteiger partial charge on any atom is 0.126 e. The summed E-state index contributed by atoms with van der Waals surface area (Å²) in [7, 11) is 0. The first-order valence-corrected chi connectivity index (χ1v) is 6.79. The van der Waals surface area contributed by atoms with E-state index in [2.05, 4.69) is 17.4 Å². The standard InChI is InChI=1S/C14H18N2O/c1-2-9-4-7-14(15-11(9)3-1)16-12-8-10-5-6-13(12)17-10/h4,7,10,12-13H,1-3,5-6,8H2,(H,15,16). The molecule has 1 aliphatic carbocycles. The summed E-state index contributed by atoms with van der Waals surface area (Å²) in [6.07, 6.45) is 8.18. The van der Waals surface area contributed by atoms with Crippen LogP contribution in [0.3, 0.4) is 0 Å². The third-order valence-corrected chi connectivity index (χ3v) is 4.37. The van der Waals surface area contributed by atoms with Crippen LogP contribution in [0.25, 0.3) is 0 Å².